The molecule has 0 radical (unpaired) electrons. The third-order valence-corrected chi connectivity index (χ3v) is 5.17. The number of aryl methyl sites for hydroxylation is 1. The predicted octanol–water partition coefficient (Wildman–Crippen LogP) is 1.49. The van der Waals surface area contributed by atoms with E-state index in [1.54, 1.807) is 24.1 Å². The number of rotatable bonds is 5. The molecule has 1 heterocycles. The van der Waals surface area contributed by atoms with Crippen molar-refractivity contribution in [1.29, 1.82) is 0 Å². The number of nitro groups is 1. The van der Waals surface area contributed by atoms with Gasteiger partial charge in [0.25, 0.3) is 11.6 Å². The van der Waals surface area contributed by atoms with Crippen molar-refractivity contribution in [2.24, 2.45) is 0 Å². The Morgan fingerprint density at radius 3 is 2.56 bits per heavy atom. The van der Waals surface area contributed by atoms with Crippen LogP contribution in [-0.2, 0) is 6.54 Å². The summed E-state index contributed by atoms with van der Waals surface area (Å²) in [5.41, 5.74) is 3.32. The minimum atomic E-state index is -0.465. The van der Waals surface area contributed by atoms with Crippen molar-refractivity contribution in [3.8, 4) is 0 Å². The second kappa shape index (κ2) is 8.18. The maximum Gasteiger partial charge on any atom is 0.293 e. The molecular formula is C20H25N4O3+. The highest BCUT2D eigenvalue weighted by Crippen LogP contribution is 2.25. The van der Waals surface area contributed by atoms with Crippen LogP contribution in [0.2, 0.25) is 0 Å². The average Bonchev–Trinajstić information content (AvgIpc) is 2.69. The van der Waals surface area contributed by atoms with Crippen LogP contribution < -0.4 is 10.2 Å². The van der Waals surface area contributed by atoms with Gasteiger partial charge in [0.1, 0.15) is 12.2 Å². The number of carbonyl (C=O) groups excluding carboxylic acids is 1. The maximum atomic E-state index is 12.8. The van der Waals surface area contributed by atoms with Gasteiger partial charge in [-0.3, -0.25) is 14.9 Å². The van der Waals surface area contributed by atoms with Gasteiger partial charge in [-0.1, -0.05) is 24.3 Å². The van der Waals surface area contributed by atoms with E-state index >= 15 is 0 Å². The Morgan fingerprint density at radius 2 is 1.93 bits per heavy atom. The minimum absolute atomic E-state index is 0.0767. The Labute approximate surface area is 158 Å². The molecule has 3 rings (SSSR count). The first kappa shape index (κ1) is 18.8. The van der Waals surface area contributed by atoms with Crippen molar-refractivity contribution in [2.75, 3.05) is 38.5 Å². The Morgan fingerprint density at radius 1 is 1.22 bits per heavy atom. The van der Waals surface area contributed by atoms with Crippen LogP contribution in [0.25, 0.3) is 0 Å². The van der Waals surface area contributed by atoms with E-state index in [2.05, 4.69) is 30.4 Å². The second-order valence-electron chi connectivity index (χ2n) is 6.88. The number of nitrogens with zero attached hydrogens (tertiary/aromatic N) is 2. The summed E-state index contributed by atoms with van der Waals surface area (Å²) < 4.78 is 0. The van der Waals surface area contributed by atoms with Gasteiger partial charge in [0.15, 0.2) is 0 Å². The molecule has 0 bridgehead atoms. The van der Waals surface area contributed by atoms with Crippen LogP contribution in [-0.4, -0.2) is 49.0 Å². The molecule has 0 spiro atoms. The highest BCUT2D eigenvalue weighted by molar-refractivity contribution is 5.95. The number of hydrogen-bond donors (Lipinski definition) is 2. The van der Waals surface area contributed by atoms with Gasteiger partial charge in [-0.25, -0.2) is 0 Å². The Balaban J connectivity index is 1.64. The Hall–Kier alpha value is -2.93. The third kappa shape index (κ3) is 4.25. The second-order valence-corrected chi connectivity index (χ2v) is 6.88. The Kier molecular flexibility index (Phi) is 5.71. The molecule has 142 valence electrons. The monoisotopic (exact) mass is 369 g/mol. The molecule has 1 fully saturated rings. The maximum absolute atomic E-state index is 12.8. The van der Waals surface area contributed by atoms with Crippen LogP contribution in [0, 0.1) is 17.0 Å². The van der Waals surface area contributed by atoms with Crippen molar-refractivity contribution >= 4 is 17.3 Å². The van der Waals surface area contributed by atoms with Gasteiger partial charge in [0.05, 0.1) is 31.1 Å². The van der Waals surface area contributed by atoms with Gasteiger partial charge in [-0.05, 0) is 24.6 Å². The van der Waals surface area contributed by atoms with Crippen molar-refractivity contribution in [3.05, 3.63) is 69.3 Å². The lowest BCUT2D eigenvalue weighted by molar-refractivity contribution is -0.917. The normalized spacial score (nSPS) is 14.8. The molecule has 1 saturated heterocycles. The lowest BCUT2D eigenvalue weighted by Crippen LogP contribution is -3.13. The molecule has 1 aliphatic heterocycles. The molecular weight excluding hydrogens is 344 g/mol. The molecule has 0 unspecified atom stereocenters. The van der Waals surface area contributed by atoms with Gasteiger partial charge >= 0.3 is 0 Å². The van der Waals surface area contributed by atoms with E-state index in [9.17, 15) is 14.9 Å². The fourth-order valence-electron chi connectivity index (χ4n) is 3.49. The van der Waals surface area contributed by atoms with Crippen LogP contribution in [0.1, 0.15) is 21.5 Å². The molecule has 2 aromatic rings. The third-order valence-electron chi connectivity index (χ3n) is 5.17. The SMILES string of the molecule is CNc1ccc(C(=O)N2CC[NH+](Cc3ccccc3C)CC2)cc1[N+](=O)[O-]. The van der Waals surface area contributed by atoms with Gasteiger partial charge in [-0.2, -0.15) is 0 Å². The van der Waals surface area contributed by atoms with E-state index in [1.807, 2.05) is 6.07 Å². The van der Waals surface area contributed by atoms with Crippen molar-refractivity contribution < 1.29 is 14.6 Å². The average molecular weight is 369 g/mol. The van der Waals surface area contributed by atoms with E-state index in [0.29, 0.717) is 24.3 Å². The largest absolute Gasteiger partial charge is 0.383 e. The zero-order chi connectivity index (χ0) is 19.4. The molecule has 1 amide bonds. The van der Waals surface area contributed by atoms with Crippen molar-refractivity contribution in [3.63, 3.8) is 0 Å². The molecule has 2 aromatic carbocycles. The Bertz CT molecular complexity index is 845. The number of benzene rings is 2. The van der Waals surface area contributed by atoms with E-state index in [0.717, 1.165) is 19.6 Å². The van der Waals surface area contributed by atoms with Gasteiger partial charge in [0, 0.05) is 24.2 Å². The number of quaternary nitrogens is 1. The van der Waals surface area contributed by atoms with E-state index in [4.69, 9.17) is 0 Å². The van der Waals surface area contributed by atoms with Crippen molar-refractivity contribution in [2.45, 2.75) is 13.5 Å². The molecule has 0 atom stereocenters. The first-order chi connectivity index (χ1) is 13.0. The number of anilines is 1. The van der Waals surface area contributed by atoms with E-state index in [-0.39, 0.29) is 11.6 Å². The topological polar surface area (TPSA) is 79.9 Å². The van der Waals surface area contributed by atoms with Crippen LogP contribution >= 0.6 is 0 Å². The highest BCUT2D eigenvalue weighted by Gasteiger charge is 2.26. The highest BCUT2D eigenvalue weighted by atomic mass is 16.6. The molecule has 0 aromatic heterocycles. The van der Waals surface area contributed by atoms with Gasteiger partial charge in [-0.15, -0.1) is 0 Å². The zero-order valence-corrected chi connectivity index (χ0v) is 15.7. The summed E-state index contributed by atoms with van der Waals surface area (Å²) >= 11 is 0. The zero-order valence-electron chi connectivity index (χ0n) is 15.7. The summed E-state index contributed by atoms with van der Waals surface area (Å²) in [5, 5.41) is 14.0. The van der Waals surface area contributed by atoms with Crippen molar-refractivity contribution in [1.82, 2.24) is 4.90 Å². The van der Waals surface area contributed by atoms with E-state index in [1.165, 1.54) is 22.1 Å². The fraction of sp³-hybridized carbons (Fsp3) is 0.350. The molecule has 7 heteroatoms. The van der Waals surface area contributed by atoms with Gasteiger partial charge in [0.2, 0.25) is 0 Å². The quantitative estimate of drug-likeness (QED) is 0.618. The lowest BCUT2D eigenvalue weighted by Gasteiger charge is -2.32. The first-order valence-corrected chi connectivity index (χ1v) is 9.13. The molecule has 0 saturated carbocycles. The summed E-state index contributed by atoms with van der Waals surface area (Å²) in [5.74, 6) is -0.143. The van der Waals surface area contributed by atoms with Crippen LogP contribution in [0.15, 0.2) is 42.5 Å². The molecule has 0 aliphatic carbocycles. The fourth-order valence-corrected chi connectivity index (χ4v) is 3.49. The summed E-state index contributed by atoms with van der Waals surface area (Å²) in [6.45, 7) is 6.13. The van der Waals surface area contributed by atoms with E-state index < -0.39 is 4.92 Å². The smallest absolute Gasteiger partial charge is 0.293 e. The minimum Gasteiger partial charge on any atom is -0.383 e. The van der Waals surface area contributed by atoms with Gasteiger partial charge < -0.3 is 15.1 Å². The standard InChI is InChI=1S/C20H24N4O3/c1-15-5-3-4-6-17(15)14-22-9-11-23(12-10-22)20(25)16-7-8-18(21-2)19(13-16)24(26)27/h3-8,13,21H,9-12,14H2,1-2H3/p+1. The number of hydrogen-bond acceptors (Lipinski definition) is 4. The molecule has 27 heavy (non-hydrogen) atoms. The number of piperazine rings is 1. The van der Waals surface area contributed by atoms with Crippen LogP contribution in [0.4, 0.5) is 11.4 Å². The summed E-state index contributed by atoms with van der Waals surface area (Å²) in [6.07, 6.45) is 0. The first-order valence-electron chi connectivity index (χ1n) is 9.13. The number of nitro benzene ring substituents is 1. The number of amides is 1. The summed E-state index contributed by atoms with van der Waals surface area (Å²) in [6, 6.07) is 13.0. The molecule has 2 N–H and O–H groups in total. The lowest BCUT2D eigenvalue weighted by atomic mass is 10.1. The number of carbonyl (C=O) groups is 1. The number of nitrogens with one attached hydrogen (secondary N) is 2. The molecule has 7 nitrogen and oxygen atoms in total. The summed E-state index contributed by atoms with van der Waals surface area (Å²) in [7, 11) is 1.63. The van der Waals surface area contributed by atoms with Crippen LogP contribution in [0.5, 0.6) is 0 Å². The molecule has 1 aliphatic rings. The van der Waals surface area contributed by atoms with Crippen LogP contribution in [0.3, 0.4) is 0 Å². The predicted molar refractivity (Wildman–Crippen MR) is 104 cm³/mol. The summed E-state index contributed by atoms with van der Waals surface area (Å²) in [4.78, 5) is 26.8.